The van der Waals surface area contributed by atoms with Gasteiger partial charge < -0.3 is 10.4 Å². The van der Waals surface area contributed by atoms with Gasteiger partial charge in [0.05, 0.1) is 18.5 Å². The van der Waals surface area contributed by atoms with E-state index in [9.17, 15) is 5.11 Å². The molecule has 0 amide bonds. The summed E-state index contributed by atoms with van der Waals surface area (Å²) < 4.78 is 1.96. The Morgan fingerprint density at radius 1 is 1.39 bits per heavy atom. The summed E-state index contributed by atoms with van der Waals surface area (Å²) in [6.45, 7) is 5.16. The van der Waals surface area contributed by atoms with Gasteiger partial charge in [-0.05, 0) is 18.4 Å². The van der Waals surface area contributed by atoms with Crippen LogP contribution in [-0.4, -0.2) is 32.1 Å². The van der Waals surface area contributed by atoms with E-state index < -0.39 is 0 Å². The largest absolute Gasteiger partial charge is 0.395 e. The molecule has 0 aliphatic heterocycles. The highest BCUT2D eigenvalue weighted by Crippen LogP contribution is 2.07. The lowest BCUT2D eigenvalue weighted by Gasteiger charge is -2.17. The molecule has 0 spiro atoms. The lowest BCUT2D eigenvalue weighted by atomic mass is 10.0. The fourth-order valence-electron chi connectivity index (χ4n) is 2.05. The SMILES string of the molecule is CC(C)CC(CO)NCc1cnc2ncccn12. The standard InChI is InChI=1S/C13H20N4O/c1-10(2)6-11(9-18)15-7-12-8-16-13-14-4-3-5-17(12)13/h3-5,8,10-11,15,18H,6-7,9H2,1-2H3. The maximum atomic E-state index is 9.32. The second-order valence-corrected chi connectivity index (χ2v) is 4.93. The second kappa shape index (κ2) is 5.93. The molecule has 2 aromatic heterocycles. The van der Waals surface area contributed by atoms with Crippen molar-refractivity contribution in [1.29, 1.82) is 0 Å². The summed E-state index contributed by atoms with van der Waals surface area (Å²) in [5, 5.41) is 12.7. The summed E-state index contributed by atoms with van der Waals surface area (Å²) in [6.07, 6.45) is 6.46. The third-order valence-corrected chi connectivity index (χ3v) is 2.91. The Kier molecular flexibility index (Phi) is 4.28. The van der Waals surface area contributed by atoms with E-state index in [1.807, 2.05) is 22.9 Å². The minimum Gasteiger partial charge on any atom is -0.395 e. The van der Waals surface area contributed by atoms with Crippen molar-refractivity contribution in [3.05, 3.63) is 30.4 Å². The molecule has 1 atom stereocenters. The quantitative estimate of drug-likeness (QED) is 0.807. The Labute approximate surface area is 107 Å². The number of aliphatic hydroxyl groups excluding tert-OH is 1. The Hall–Kier alpha value is -1.46. The molecular formula is C13H20N4O. The fraction of sp³-hybridized carbons (Fsp3) is 0.538. The third-order valence-electron chi connectivity index (χ3n) is 2.91. The molecule has 18 heavy (non-hydrogen) atoms. The Morgan fingerprint density at radius 3 is 2.94 bits per heavy atom. The summed E-state index contributed by atoms with van der Waals surface area (Å²) in [7, 11) is 0. The smallest absolute Gasteiger partial charge is 0.233 e. The molecule has 0 bridgehead atoms. The highest BCUT2D eigenvalue weighted by Gasteiger charge is 2.10. The predicted molar refractivity (Wildman–Crippen MR) is 70.2 cm³/mol. The minimum absolute atomic E-state index is 0.132. The zero-order chi connectivity index (χ0) is 13.0. The van der Waals surface area contributed by atoms with Crippen LogP contribution >= 0.6 is 0 Å². The lowest BCUT2D eigenvalue weighted by Crippen LogP contribution is -2.33. The van der Waals surface area contributed by atoms with Crippen LogP contribution < -0.4 is 5.32 Å². The van der Waals surface area contributed by atoms with Crippen molar-refractivity contribution in [2.24, 2.45) is 5.92 Å². The van der Waals surface area contributed by atoms with Gasteiger partial charge in [0.1, 0.15) is 0 Å². The van der Waals surface area contributed by atoms with Crippen molar-refractivity contribution in [3.8, 4) is 0 Å². The third kappa shape index (κ3) is 3.05. The molecule has 0 fully saturated rings. The molecule has 2 aromatic rings. The van der Waals surface area contributed by atoms with Crippen LogP contribution in [0.5, 0.6) is 0 Å². The van der Waals surface area contributed by atoms with E-state index in [1.54, 1.807) is 6.20 Å². The normalized spacial score (nSPS) is 13.3. The number of aromatic nitrogens is 3. The number of hydrogen-bond donors (Lipinski definition) is 2. The Morgan fingerprint density at radius 2 is 2.22 bits per heavy atom. The molecule has 98 valence electrons. The molecule has 1 unspecified atom stereocenters. The van der Waals surface area contributed by atoms with Crippen LogP contribution in [0.25, 0.3) is 5.78 Å². The number of nitrogens with one attached hydrogen (secondary N) is 1. The van der Waals surface area contributed by atoms with Crippen LogP contribution in [0.1, 0.15) is 26.0 Å². The summed E-state index contributed by atoms with van der Waals surface area (Å²) in [6, 6.07) is 2.02. The zero-order valence-electron chi connectivity index (χ0n) is 10.9. The van der Waals surface area contributed by atoms with Crippen LogP contribution in [-0.2, 0) is 6.54 Å². The van der Waals surface area contributed by atoms with Gasteiger partial charge in [0.15, 0.2) is 0 Å². The average Bonchev–Trinajstić information content (AvgIpc) is 2.77. The van der Waals surface area contributed by atoms with Gasteiger partial charge in [0.2, 0.25) is 5.78 Å². The van der Waals surface area contributed by atoms with Crippen LogP contribution in [0.2, 0.25) is 0 Å². The highest BCUT2D eigenvalue weighted by molar-refractivity contribution is 5.30. The van der Waals surface area contributed by atoms with E-state index in [2.05, 4.69) is 29.1 Å². The number of imidazole rings is 1. The van der Waals surface area contributed by atoms with Gasteiger partial charge >= 0.3 is 0 Å². The first-order valence-corrected chi connectivity index (χ1v) is 6.32. The van der Waals surface area contributed by atoms with Crippen LogP contribution in [0.4, 0.5) is 0 Å². The van der Waals surface area contributed by atoms with Crippen molar-refractivity contribution in [1.82, 2.24) is 19.7 Å². The molecular weight excluding hydrogens is 228 g/mol. The summed E-state index contributed by atoms with van der Waals surface area (Å²) in [4.78, 5) is 8.40. The van der Waals surface area contributed by atoms with Gasteiger partial charge in [-0.25, -0.2) is 9.97 Å². The molecule has 5 heteroatoms. The van der Waals surface area contributed by atoms with Crippen molar-refractivity contribution in [2.75, 3.05) is 6.61 Å². The van der Waals surface area contributed by atoms with E-state index >= 15 is 0 Å². The minimum atomic E-state index is 0.132. The van der Waals surface area contributed by atoms with Gasteiger partial charge in [-0.1, -0.05) is 13.8 Å². The molecule has 0 saturated carbocycles. The summed E-state index contributed by atoms with van der Waals surface area (Å²) in [5.74, 6) is 1.28. The Bertz CT molecular complexity index is 494. The van der Waals surface area contributed by atoms with E-state index in [1.165, 1.54) is 0 Å². The van der Waals surface area contributed by atoms with E-state index in [4.69, 9.17) is 0 Å². The molecule has 0 radical (unpaired) electrons. The van der Waals surface area contributed by atoms with E-state index in [0.29, 0.717) is 18.2 Å². The van der Waals surface area contributed by atoms with Crippen LogP contribution in [0, 0.1) is 5.92 Å². The predicted octanol–water partition coefficient (Wildman–Crippen LogP) is 1.23. The number of aliphatic hydroxyl groups is 1. The van der Waals surface area contributed by atoms with Crippen molar-refractivity contribution < 1.29 is 5.11 Å². The lowest BCUT2D eigenvalue weighted by molar-refractivity contribution is 0.223. The molecule has 0 saturated heterocycles. The molecule has 2 N–H and O–H groups in total. The van der Waals surface area contributed by atoms with Crippen molar-refractivity contribution in [3.63, 3.8) is 0 Å². The van der Waals surface area contributed by atoms with E-state index in [-0.39, 0.29) is 12.6 Å². The average molecular weight is 248 g/mol. The first-order valence-electron chi connectivity index (χ1n) is 6.32. The number of nitrogens with zero attached hydrogens (tertiary/aromatic N) is 3. The first kappa shape index (κ1) is 13.0. The van der Waals surface area contributed by atoms with Crippen molar-refractivity contribution in [2.45, 2.75) is 32.9 Å². The molecule has 0 aliphatic rings. The fourth-order valence-corrected chi connectivity index (χ4v) is 2.05. The van der Waals surface area contributed by atoms with E-state index in [0.717, 1.165) is 12.1 Å². The zero-order valence-corrected chi connectivity index (χ0v) is 10.9. The van der Waals surface area contributed by atoms with Gasteiger partial charge in [0.25, 0.3) is 0 Å². The topological polar surface area (TPSA) is 62.5 Å². The first-order chi connectivity index (χ1) is 8.70. The maximum absolute atomic E-state index is 9.32. The van der Waals surface area contributed by atoms with Gasteiger partial charge in [-0.2, -0.15) is 0 Å². The summed E-state index contributed by atoms with van der Waals surface area (Å²) in [5.41, 5.74) is 1.06. The molecule has 5 nitrogen and oxygen atoms in total. The van der Waals surface area contributed by atoms with Gasteiger partial charge in [-0.3, -0.25) is 4.40 Å². The molecule has 2 rings (SSSR count). The molecule has 0 aromatic carbocycles. The highest BCUT2D eigenvalue weighted by atomic mass is 16.3. The number of hydrogen-bond acceptors (Lipinski definition) is 4. The maximum Gasteiger partial charge on any atom is 0.233 e. The molecule has 2 heterocycles. The van der Waals surface area contributed by atoms with Crippen LogP contribution in [0.15, 0.2) is 24.7 Å². The summed E-state index contributed by atoms with van der Waals surface area (Å²) >= 11 is 0. The second-order valence-electron chi connectivity index (χ2n) is 4.93. The Balaban J connectivity index is 2.01. The van der Waals surface area contributed by atoms with Gasteiger partial charge in [-0.15, -0.1) is 0 Å². The monoisotopic (exact) mass is 248 g/mol. The molecule has 0 aliphatic carbocycles. The van der Waals surface area contributed by atoms with Crippen molar-refractivity contribution >= 4 is 5.78 Å². The van der Waals surface area contributed by atoms with Crippen LogP contribution in [0.3, 0.4) is 0 Å². The van der Waals surface area contributed by atoms with Gasteiger partial charge in [0, 0.05) is 25.0 Å². The number of fused-ring (bicyclic) bond motifs is 1. The number of rotatable bonds is 6.